The third-order valence-corrected chi connectivity index (χ3v) is 17.9. The monoisotopic (exact) mass is 1170 g/mol. The molecule has 4 fully saturated rings. The van der Waals surface area contributed by atoms with Crippen LogP contribution in [0.4, 0.5) is 4.79 Å². The van der Waals surface area contributed by atoms with E-state index in [1.165, 1.54) is 49.8 Å². The van der Waals surface area contributed by atoms with E-state index in [2.05, 4.69) is 26.6 Å². The molecule has 6 N–H and O–H groups in total. The summed E-state index contributed by atoms with van der Waals surface area (Å²) < 4.78 is 17.3. The summed E-state index contributed by atoms with van der Waals surface area (Å²) >= 11 is 1.78. The Hall–Kier alpha value is -5.97. The lowest BCUT2D eigenvalue weighted by Crippen LogP contribution is -2.61. The third-order valence-electron chi connectivity index (χ3n) is 16.4. The first-order valence-electron chi connectivity index (χ1n) is 29.3. The van der Waals surface area contributed by atoms with E-state index >= 15 is 4.79 Å². The number of carbonyl (C=O) groups excluding carboxylic acids is 10. The molecule has 5 rings (SSSR count). The average molecular weight is 1170 g/mol. The maximum Gasteiger partial charge on any atom is 0.329 e. The van der Waals surface area contributed by atoms with Crippen LogP contribution in [-0.2, 0) is 59.0 Å². The molecule has 0 aliphatic carbocycles. The molecule has 4 saturated heterocycles. The van der Waals surface area contributed by atoms with E-state index in [-0.39, 0.29) is 79.8 Å². The molecular formula is C59H92N8O14S. The second kappa shape index (κ2) is 30.5. The van der Waals surface area contributed by atoms with Gasteiger partial charge in [0.15, 0.2) is 11.9 Å². The van der Waals surface area contributed by atoms with Crippen LogP contribution >= 0.6 is 11.8 Å². The molecule has 4 heterocycles. The van der Waals surface area contributed by atoms with Crippen molar-refractivity contribution in [2.24, 2.45) is 29.6 Å². The van der Waals surface area contributed by atoms with Gasteiger partial charge in [-0.1, -0.05) is 80.4 Å². The molecule has 1 aromatic rings. The van der Waals surface area contributed by atoms with Gasteiger partial charge in [0, 0.05) is 44.5 Å². The number of ketones is 1. The molecule has 0 saturated carbocycles. The van der Waals surface area contributed by atoms with Crippen LogP contribution in [0.1, 0.15) is 139 Å². The molecule has 0 spiro atoms. The van der Waals surface area contributed by atoms with Crippen molar-refractivity contribution in [2.75, 3.05) is 33.5 Å². The van der Waals surface area contributed by atoms with Gasteiger partial charge in [0.05, 0.1) is 43.7 Å². The van der Waals surface area contributed by atoms with Crippen molar-refractivity contribution in [1.82, 2.24) is 41.3 Å². The van der Waals surface area contributed by atoms with Crippen LogP contribution in [0.15, 0.2) is 24.3 Å². The number of fused-ring (bicyclic) bond motifs is 2. The number of thioether (sulfide) groups is 1. The summed E-state index contributed by atoms with van der Waals surface area (Å²) in [5, 5.41) is 26.4. The number of rotatable bonds is 18. The fourth-order valence-electron chi connectivity index (χ4n) is 11.2. The maximum absolute atomic E-state index is 15.0. The Balaban J connectivity index is 1.54. The topological polar surface area (TPSA) is 288 Å². The minimum absolute atomic E-state index is 0.0194. The Morgan fingerprint density at radius 2 is 1.57 bits per heavy atom. The molecule has 3 unspecified atom stereocenters. The van der Waals surface area contributed by atoms with Crippen molar-refractivity contribution in [2.45, 2.75) is 212 Å². The number of nitrogens with zero attached hydrogens (tertiary/aromatic N) is 3. The first-order chi connectivity index (χ1) is 38.7. The first kappa shape index (κ1) is 66.8. The highest BCUT2D eigenvalue weighted by Crippen LogP contribution is 2.34. The molecular weight excluding hydrogens is 1080 g/mol. The Labute approximate surface area is 488 Å². The third kappa shape index (κ3) is 17.5. The average Bonchev–Trinajstić information content (AvgIpc) is 4.22. The quantitative estimate of drug-likeness (QED) is 0.0529. The zero-order chi connectivity index (χ0) is 60.9. The Morgan fingerprint density at radius 1 is 0.890 bits per heavy atom. The highest BCUT2D eigenvalue weighted by atomic mass is 32.2. The SMILES string of the molecule is CC[C@H](C)[C@H]1NC(=O)[C@@H](NC(=O)[C@@H](CC(C)C)N(C)C(=O)CCCCC2SCC3NC(=O)NC32)[C@@H](C)OC(=O)[C@H](Cc2ccc(OC)cc2)N(C)C(=O)[C@@H]2CCCN2C(=O)[C@H](CC(C)C)NC(=O)[C@@H](C)C(=O)[C@H](C(C)C)OC(=O)C[C@@H]1O. The number of hydrogen-bond donors (Lipinski definition) is 6. The second-order valence-electron chi connectivity index (χ2n) is 24.0. The number of aliphatic hydroxyl groups excluding tert-OH is 1. The summed E-state index contributed by atoms with van der Waals surface area (Å²) in [6.07, 6.45) is -1.90. The molecule has 0 aromatic heterocycles. The van der Waals surface area contributed by atoms with Gasteiger partial charge < -0.3 is 60.6 Å². The van der Waals surface area contributed by atoms with Crippen molar-refractivity contribution in [1.29, 1.82) is 0 Å². The van der Waals surface area contributed by atoms with E-state index in [1.54, 1.807) is 63.7 Å². The highest BCUT2D eigenvalue weighted by Gasteiger charge is 2.46. The molecule has 23 heteroatoms. The van der Waals surface area contributed by atoms with Gasteiger partial charge >= 0.3 is 18.0 Å². The van der Waals surface area contributed by atoms with Crippen LogP contribution in [0.2, 0.25) is 0 Å². The molecule has 458 valence electrons. The molecule has 0 bridgehead atoms. The van der Waals surface area contributed by atoms with E-state index in [0.717, 1.165) is 12.2 Å². The number of benzene rings is 1. The molecule has 0 radical (unpaired) electrons. The number of likely N-dealkylation sites (N-methyl/N-ethyl adjacent to an activating group) is 2. The lowest BCUT2D eigenvalue weighted by atomic mass is 9.91. The van der Waals surface area contributed by atoms with E-state index in [4.69, 9.17) is 14.2 Å². The maximum atomic E-state index is 15.0. The molecule has 22 nitrogen and oxygen atoms in total. The van der Waals surface area contributed by atoms with Gasteiger partial charge in [-0.3, -0.25) is 38.4 Å². The van der Waals surface area contributed by atoms with Crippen molar-refractivity contribution in [3.05, 3.63) is 29.8 Å². The highest BCUT2D eigenvalue weighted by molar-refractivity contribution is 8.00. The van der Waals surface area contributed by atoms with Gasteiger partial charge in [0.1, 0.15) is 42.1 Å². The van der Waals surface area contributed by atoms with Crippen molar-refractivity contribution >= 4 is 71.0 Å². The fraction of sp³-hybridized carbons (Fsp3) is 0.729. The van der Waals surface area contributed by atoms with Gasteiger partial charge in [-0.15, -0.1) is 0 Å². The number of nitrogens with one attached hydrogen (secondary N) is 5. The number of hydrogen-bond acceptors (Lipinski definition) is 15. The van der Waals surface area contributed by atoms with E-state index in [1.807, 2.05) is 27.7 Å². The van der Waals surface area contributed by atoms with E-state index in [9.17, 15) is 48.3 Å². The van der Waals surface area contributed by atoms with Crippen LogP contribution in [0.25, 0.3) is 0 Å². The van der Waals surface area contributed by atoms with E-state index in [0.29, 0.717) is 37.0 Å². The molecule has 14 atom stereocenters. The Morgan fingerprint density at radius 3 is 2.20 bits per heavy atom. The van der Waals surface area contributed by atoms with Gasteiger partial charge in [-0.2, -0.15) is 11.8 Å². The molecule has 82 heavy (non-hydrogen) atoms. The van der Waals surface area contributed by atoms with Crippen LogP contribution < -0.4 is 31.3 Å². The largest absolute Gasteiger partial charge is 0.497 e. The van der Waals surface area contributed by atoms with Crippen LogP contribution in [-0.4, -0.2) is 184 Å². The number of unbranched alkanes of at least 4 members (excludes halogenated alkanes) is 1. The molecule has 1 aromatic carbocycles. The number of urea groups is 1. The number of Topliss-reactive ketones (excluding diaryl/α,β-unsaturated/α-hetero) is 1. The predicted molar refractivity (Wildman–Crippen MR) is 308 cm³/mol. The molecule has 8 amide bonds. The summed E-state index contributed by atoms with van der Waals surface area (Å²) in [5.41, 5.74) is 0.594. The minimum atomic E-state index is -1.70. The van der Waals surface area contributed by atoms with Gasteiger partial charge in [0.2, 0.25) is 35.4 Å². The number of carbonyl (C=O) groups is 10. The smallest absolute Gasteiger partial charge is 0.329 e. The lowest BCUT2D eigenvalue weighted by molar-refractivity contribution is -0.163. The summed E-state index contributed by atoms with van der Waals surface area (Å²) in [6, 6.07) is -0.891. The summed E-state index contributed by atoms with van der Waals surface area (Å²) in [4.78, 5) is 146. The zero-order valence-corrected chi connectivity index (χ0v) is 51.1. The number of methoxy groups -OCH3 is 1. The number of amides is 8. The summed E-state index contributed by atoms with van der Waals surface area (Å²) in [6.45, 7) is 17.2. The summed E-state index contributed by atoms with van der Waals surface area (Å²) in [5.74, 6) is -8.10. The fourth-order valence-corrected chi connectivity index (χ4v) is 12.8. The number of aliphatic hydroxyl groups is 1. The Kier molecular flexibility index (Phi) is 24.9. The van der Waals surface area contributed by atoms with Gasteiger partial charge in [-0.25, -0.2) is 9.59 Å². The van der Waals surface area contributed by atoms with Gasteiger partial charge in [-0.05, 0) is 93.7 Å². The number of ether oxygens (including phenoxy) is 3. The van der Waals surface area contributed by atoms with Crippen molar-refractivity contribution < 1.29 is 67.3 Å². The number of esters is 2. The molecule has 4 aliphatic heterocycles. The standard InChI is InChI=1S/C59H92N8O14S/c1-14-34(8)48-44(68)29-47(70)81-52(33(6)7)51(71)35(9)53(72)60-39(26-31(2)3)56(75)67-25-17-18-41(67)57(76)66(12)43(28-37-21-23-38(79-13)24-22-37)58(77)80-36(10)49(55(74)62-48)63-54(73)42(27-32(4)5)65(11)46(69)20-16-15-19-45-50-40(30-82-45)61-59(78)64-50/h21-24,31-36,39-45,48-50,52,68H,14-20,25-30H2,1-13H3,(H,60,72)(H,62,74)(H,63,73)(H2,61,64,78)/t34-,35-,36+,39-,40?,41-,42+,43-,44-,45?,48+,49-,50?,52-/m0/s1. The Bertz CT molecular complexity index is 2430. The zero-order valence-electron chi connectivity index (χ0n) is 50.3. The van der Waals surface area contributed by atoms with Crippen LogP contribution in [0.5, 0.6) is 5.75 Å². The van der Waals surface area contributed by atoms with E-state index < -0.39 is 126 Å². The summed E-state index contributed by atoms with van der Waals surface area (Å²) in [7, 11) is 4.45. The lowest BCUT2D eigenvalue weighted by Gasteiger charge is -2.36. The van der Waals surface area contributed by atoms with Crippen LogP contribution in [0.3, 0.4) is 0 Å². The predicted octanol–water partition coefficient (Wildman–Crippen LogP) is 3.67. The minimum Gasteiger partial charge on any atom is -0.497 e. The normalized spacial score (nSPS) is 29.0. The first-order valence-corrected chi connectivity index (χ1v) is 30.4. The second-order valence-corrected chi connectivity index (χ2v) is 25.3. The van der Waals surface area contributed by atoms with Gasteiger partial charge in [0.25, 0.3) is 0 Å². The van der Waals surface area contributed by atoms with Crippen molar-refractivity contribution in [3.8, 4) is 5.75 Å². The molecule has 4 aliphatic rings. The van der Waals surface area contributed by atoms with Crippen molar-refractivity contribution in [3.63, 3.8) is 0 Å². The van der Waals surface area contributed by atoms with Crippen LogP contribution in [0, 0.1) is 29.6 Å². The number of cyclic esters (lactones) is 2.